The van der Waals surface area contributed by atoms with Gasteiger partial charge in [0.1, 0.15) is 11.0 Å². The summed E-state index contributed by atoms with van der Waals surface area (Å²) in [5.74, 6) is -0.553. The summed E-state index contributed by atoms with van der Waals surface area (Å²) in [5, 5.41) is 6.11. The second-order valence-corrected chi connectivity index (χ2v) is 5.80. The fraction of sp³-hybridized carbons (Fsp3) is 0.357. The maximum atomic E-state index is 12.3. The Kier molecular flexibility index (Phi) is 4.74. The summed E-state index contributed by atoms with van der Waals surface area (Å²) in [6, 6.07) is 4.32. The van der Waals surface area contributed by atoms with Gasteiger partial charge in [0.05, 0.1) is 12.0 Å². The van der Waals surface area contributed by atoms with Crippen LogP contribution in [0.15, 0.2) is 28.9 Å². The van der Waals surface area contributed by atoms with Crippen molar-refractivity contribution in [3.05, 3.63) is 35.9 Å². The molecule has 2 aromatic heterocycles. The van der Waals surface area contributed by atoms with Gasteiger partial charge in [-0.15, -0.1) is 0 Å². The molecular weight excluding hydrogens is 290 g/mol. The van der Waals surface area contributed by atoms with Crippen LogP contribution >= 0.6 is 11.5 Å². The Bertz CT molecular complexity index is 619. The Balaban J connectivity index is 2.04. The molecule has 0 bridgehead atoms. The third-order valence-electron chi connectivity index (χ3n) is 2.86. The van der Waals surface area contributed by atoms with E-state index in [9.17, 15) is 9.59 Å². The molecule has 0 saturated carbocycles. The molecule has 2 heterocycles. The minimum absolute atomic E-state index is 0.0575. The van der Waals surface area contributed by atoms with Crippen LogP contribution in [0.1, 0.15) is 30.1 Å². The van der Waals surface area contributed by atoms with E-state index in [0.29, 0.717) is 5.00 Å². The van der Waals surface area contributed by atoms with Crippen LogP contribution in [0.2, 0.25) is 0 Å². The second kappa shape index (κ2) is 6.53. The van der Waals surface area contributed by atoms with Gasteiger partial charge >= 0.3 is 0 Å². The van der Waals surface area contributed by atoms with Crippen LogP contribution in [0, 0.1) is 12.8 Å². The number of nitrogens with one attached hydrogen (secondary N) is 2. The van der Waals surface area contributed by atoms with E-state index in [2.05, 4.69) is 15.0 Å². The molecule has 0 aromatic carbocycles. The third-order valence-corrected chi connectivity index (χ3v) is 3.65. The van der Waals surface area contributed by atoms with Crippen LogP contribution < -0.4 is 10.6 Å². The lowest BCUT2D eigenvalue weighted by molar-refractivity contribution is -0.118. The number of furan rings is 1. The van der Waals surface area contributed by atoms with Crippen molar-refractivity contribution in [3.63, 3.8) is 0 Å². The van der Waals surface area contributed by atoms with Gasteiger partial charge in [-0.1, -0.05) is 13.8 Å². The quantitative estimate of drug-likeness (QED) is 0.888. The first-order valence-corrected chi connectivity index (χ1v) is 7.33. The van der Waals surface area contributed by atoms with E-state index in [1.165, 1.54) is 17.8 Å². The Morgan fingerprint density at radius 2 is 2.14 bits per heavy atom. The second-order valence-electron chi connectivity index (χ2n) is 4.99. The third kappa shape index (κ3) is 3.91. The molecule has 6 nitrogen and oxygen atoms in total. The van der Waals surface area contributed by atoms with Gasteiger partial charge in [-0.2, -0.15) is 4.37 Å². The molecule has 7 heteroatoms. The first-order chi connectivity index (χ1) is 9.97. The van der Waals surface area contributed by atoms with E-state index >= 15 is 0 Å². The highest BCUT2D eigenvalue weighted by molar-refractivity contribution is 7.10. The van der Waals surface area contributed by atoms with E-state index in [-0.39, 0.29) is 17.6 Å². The van der Waals surface area contributed by atoms with Gasteiger partial charge < -0.3 is 15.1 Å². The SMILES string of the molecule is Cc1cc(NC(=O)[C@H](NC(=O)c2ccco2)C(C)C)sn1. The molecule has 2 amide bonds. The molecule has 0 saturated heterocycles. The highest BCUT2D eigenvalue weighted by atomic mass is 32.1. The number of rotatable bonds is 5. The van der Waals surface area contributed by atoms with Gasteiger partial charge in [-0.3, -0.25) is 9.59 Å². The van der Waals surface area contributed by atoms with Crippen LogP contribution in [0.3, 0.4) is 0 Å². The molecule has 21 heavy (non-hydrogen) atoms. The summed E-state index contributed by atoms with van der Waals surface area (Å²) in [5.41, 5.74) is 0.844. The van der Waals surface area contributed by atoms with E-state index in [4.69, 9.17) is 4.42 Å². The van der Waals surface area contributed by atoms with E-state index < -0.39 is 11.9 Å². The van der Waals surface area contributed by atoms with Gasteiger partial charge in [-0.25, -0.2) is 0 Å². The van der Waals surface area contributed by atoms with Crippen molar-refractivity contribution in [3.8, 4) is 0 Å². The van der Waals surface area contributed by atoms with Crippen molar-refractivity contribution in [2.45, 2.75) is 26.8 Å². The summed E-state index contributed by atoms with van der Waals surface area (Å²) in [6.45, 7) is 5.58. The van der Waals surface area contributed by atoms with Crippen molar-refractivity contribution in [2.24, 2.45) is 5.92 Å². The zero-order valence-electron chi connectivity index (χ0n) is 12.0. The molecular formula is C14H17N3O3S. The molecule has 2 aromatic rings. The Labute approximate surface area is 126 Å². The summed E-state index contributed by atoms with van der Waals surface area (Å²) in [6.07, 6.45) is 1.42. The maximum Gasteiger partial charge on any atom is 0.287 e. The summed E-state index contributed by atoms with van der Waals surface area (Å²) in [4.78, 5) is 24.3. The Morgan fingerprint density at radius 3 is 2.67 bits per heavy atom. The lowest BCUT2D eigenvalue weighted by atomic mass is 10.0. The number of hydrogen-bond donors (Lipinski definition) is 2. The largest absolute Gasteiger partial charge is 0.459 e. The van der Waals surface area contributed by atoms with Crippen molar-refractivity contribution in [2.75, 3.05) is 5.32 Å². The van der Waals surface area contributed by atoms with E-state index in [1.807, 2.05) is 20.8 Å². The van der Waals surface area contributed by atoms with Gasteiger partial charge in [0.15, 0.2) is 5.76 Å². The number of aryl methyl sites for hydroxylation is 1. The molecule has 0 aliphatic rings. The molecule has 1 atom stereocenters. The average molecular weight is 307 g/mol. The standard InChI is InChI=1S/C14H17N3O3S/c1-8(2)12(16-13(18)10-5-4-6-20-10)14(19)15-11-7-9(3)17-21-11/h4-8,12H,1-3H3,(H,15,19)(H,16,18)/t12-/m1/s1. The number of anilines is 1. The smallest absolute Gasteiger partial charge is 0.287 e. The zero-order chi connectivity index (χ0) is 15.4. The fourth-order valence-corrected chi connectivity index (χ4v) is 2.44. The Hall–Kier alpha value is -2.15. The summed E-state index contributed by atoms with van der Waals surface area (Å²) < 4.78 is 9.13. The highest BCUT2D eigenvalue weighted by Gasteiger charge is 2.26. The van der Waals surface area contributed by atoms with Crippen molar-refractivity contribution < 1.29 is 14.0 Å². The van der Waals surface area contributed by atoms with Crippen molar-refractivity contribution in [1.82, 2.24) is 9.69 Å². The average Bonchev–Trinajstić information content (AvgIpc) is 3.06. The topological polar surface area (TPSA) is 84.2 Å². The lowest BCUT2D eigenvalue weighted by Gasteiger charge is -2.20. The summed E-state index contributed by atoms with van der Waals surface area (Å²) in [7, 11) is 0. The first-order valence-electron chi connectivity index (χ1n) is 6.56. The van der Waals surface area contributed by atoms with Gasteiger partial charge in [0, 0.05) is 0 Å². The number of carbonyl (C=O) groups is 2. The minimum atomic E-state index is -0.648. The fourth-order valence-electron chi connectivity index (χ4n) is 1.78. The normalized spacial score (nSPS) is 12.2. The maximum absolute atomic E-state index is 12.3. The van der Waals surface area contributed by atoms with Crippen LogP contribution in [-0.4, -0.2) is 22.2 Å². The van der Waals surface area contributed by atoms with E-state index in [1.54, 1.807) is 18.2 Å². The molecule has 2 N–H and O–H groups in total. The van der Waals surface area contributed by atoms with E-state index in [0.717, 1.165) is 5.69 Å². The molecule has 0 aliphatic carbocycles. The van der Waals surface area contributed by atoms with Crippen molar-refractivity contribution >= 4 is 28.3 Å². The molecule has 2 rings (SSSR count). The Morgan fingerprint density at radius 1 is 1.38 bits per heavy atom. The molecule has 0 unspecified atom stereocenters. The molecule has 0 spiro atoms. The highest BCUT2D eigenvalue weighted by Crippen LogP contribution is 2.17. The molecule has 0 radical (unpaired) electrons. The lowest BCUT2D eigenvalue weighted by Crippen LogP contribution is -2.46. The van der Waals surface area contributed by atoms with Gasteiger partial charge in [0.2, 0.25) is 5.91 Å². The monoisotopic (exact) mass is 307 g/mol. The van der Waals surface area contributed by atoms with Crippen LogP contribution in [0.25, 0.3) is 0 Å². The summed E-state index contributed by atoms with van der Waals surface area (Å²) >= 11 is 1.21. The number of nitrogens with zero attached hydrogens (tertiary/aromatic N) is 1. The number of amides is 2. The van der Waals surface area contributed by atoms with Gasteiger partial charge in [0.25, 0.3) is 5.91 Å². The minimum Gasteiger partial charge on any atom is -0.459 e. The first kappa shape index (κ1) is 15.2. The molecule has 0 aliphatic heterocycles. The predicted molar refractivity (Wildman–Crippen MR) is 80.3 cm³/mol. The zero-order valence-corrected chi connectivity index (χ0v) is 12.9. The van der Waals surface area contributed by atoms with Gasteiger partial charge in [-0.05, 0) is 42.6 Å². The molecule has 0 fully saturated rings. The molecule has 112 valence electrons. The number of carbonyl (C=O) groups excluding carboxylic acids is 2. The van der Waals surface area contributed by atoms with Crippen LogP contribution in [0.4, 0.5) is 5.00 Å². The number of aromatic nitrogens is 1. The van der Waals surface area contributed by atoms with Crippen LogP contribution in [0.5, 0.6) is 0 Å². The predicted octanol–water partition coefficient (Wildman–Crippen LogP) is 2.44. The van der Waals surface area contributed by atoms with Crippen molar-refractivity contribution in [1.29, 1.82) is 0 Å². The van der Waals surface area contributed by atoms with Crippen LogP contribution in [-0.2, 0) is 4.79 Å². The number of hydrogen-bond acceptors (Lipinski definition) is 5.